The van der Waals surface area contributed by atoms with E-state index in [4.69, 9.17) is 0 Å². The molecule has 2 rings (SSSR count). The first-order valence-corrected chi connectivity index (χ1v) is 6.84. The lowest BCUT2D eigenvalue weighted by Crippen LogP contribution is -3.09. The number of rotatable bonds is 1. The summed E-state index contributed by atoms with van der Waals surface area (Å²) < 4.78 is 0. The standard InChI is InChI=1S/C13H19NS/c1-10-8-13(9-11(2)12(10)3)14-4-6-15-7-5-14/h8-9H,4-7H2,1-3H3/p+1. The molecule has 2 heteroatoms. The lowest BCUT2D eigenvalue weighted by atomic mass is 10.0. The molecule has 0 aliphatic carbocycles. The second kappa shape index (κ2) is 4.58. The fourth-order valence-corrected chi connectivity index (χ4v) is 3.13. The van der Waals surface area contributed by atoms with Gasteiger partial charge in [-0.05, 0) is 37.5 Å². The molecular weight excluding hydrogens is 202 g/mol. The van der Waals surface area contributed by atoms with Crippen LogP contribution in [0.5, 0.6) is 0 Å². The van der Waals surface area contributed by atoms with Crippen LogP contribution in [0, 0.1) is 20.8 Å². The van der Waals surface area contributed by atoms with E-state index in [9.17, 15) is 0 Å². The molecule has 1 N–H and O–H groups in total. The van der Waals surface area contributed by atoms with Crippen LogP contribution in [-0.2, 0) is 0 Å². The molecule has 0 bridgehead atoms. The van der Waals surface area contributed by atoms with E-state index in [1.807, 2.05) is 0 Å². The zero-order chi connectivity index (χ0) is 10.8. The van der Waals surface area contributed by atoms with E-state index in [1.165, 1.54) is 47.0 Å². The molecule has 0 radical (unpaired) electrons. The van der Waals surface area contributed by atoms with E-state index < -0.39 is 0 Å². The topological polar surface area (TPSA) is 4.44 Å². The average molecular weight is 222 g/mol. The summed E-state index contributed by atoms with van der Waals surface area (Å²) >= 11 is 2.08. The predicted octanol–water partition coefficient (Wildman–Crippen LogP) is 1.88. The van der Waals surface area contributed by atoms with E-state index in [1.54, 1.807) is 4.90 Å². The zero-order valence-corrected chi connectivity index (χ0v) is 10.7. The summed E-state index contributed by atoms with van der Waals surface area (Å²) in [6.07, 6.45) is 0. The van der Waals surface area contributed by atoms with Crippen molar-refractivity contribution in [1.29, 1.82) is 0 Å². The molecule has 0 atom stereocenters. The molecule has 1 nitrogen and oxygen atoms in total. The number of quaternary nitrogens is 1. The van der Waals surface area contributed by atoms with Gasteiger partial charge < -0.3 is 4.90 Å². The van der Waals surface area contributed by atoms with E-state index in [0.717, 1.165) is 0 Å². The summed E-state index contributed by atoms with van der Waals surface area (Å²) in [5.41, 5.74) is 5.83. The predicted molar refractivity (Wildman–Crippen MR) is 68.3 cm³/mol. The minimum atomic E-state index is 1.28. The second-order valence-corrected chi connectivity index (χ2v) is 5.68. The summed E-state index contributed by atoms with van der Waals surface area (Å²) in [4.78, 5) is 1.67. The molecule has 0 aromatic heterocycles. The van der Waals surface area contributed by atoms with E-state index >= 15 is 0 Å². The normalized spacial score (nSPS) is 18.1. The van der Waals surface area contributed by atoms with Gasteiger partial charge in [0, 0.05) is 23.6 Å². The number of nitrogens with one attached hydrogen (secondary N) is 1. The van der Waals surface area contributed by atoms with Gasteiger partial charge in [-0.3, -0.25) is 0 Å². The molecule has 0 saturated carbocycles. The maximum atomic E-state index is 2.37. The Morgan fingerprint density at radius 2 is 1.53 bits per heavy atom. The Morgan fingerprint density at radius 3 is 2.07 bits per heavy atom. The SMILES string of the molecule is Cc1cc([NH+]2CCSCC2)cc(C)c1C. The van der Waals surface area contributed by atoms with E-state index in [2.05, 4.69) is 44.7 Å². The molecule has 1 aliphatic heterocycles. The molecule has 1 aromatic carbocycles. The van der Waals surface area contributed by atoms with Crippen molar-refractivity contribution in [3.05, 3.63) is 28.8 Å². The Morgan fingerprint density at radius 1 is 1.00 bits per heavy atom. The van der Waals surface area contributed by atoms with Crippen molar-refractivity contribution in [2.75, 3.05) is 24.6 Å². The maximum Gasteiger partial charge on any atom is 0.131 e. The van der Waals surface area contributed by atoms with Crippen molar-refractivity contribution in [2.45, 2.75) is 20.8 Å². The molecular formula is C13H20NS+. The van der Waals surface area contributed by atoms with E-state index in [0.29, 0.717) is 0 Å². The van der Waals surface area contributed by atoms with Gasteiger partial charge in [-0.2, -0.15) is 11.8 Å². The number of aryl methyl sites for hydroxylation is 2. The van der Waals surface area contributed by atoms with Crippen LogP contribution in [0.4, 0.5) is 5.69 Å². The molecule has 1 fully saturated rings. The molecule has 1 saturated heterocycles. The lowest BCUT2D eigenvalue weighted by molar-refractivity contribution is -0.828. The third-order valence-electron chi connectivity index (χ3n) is 3.43. The highest BCUT2D eigenvalue weighted by Gasteiger charge is 2.17. The summed E-state index contributed by atoms with van der Waals surface area (Å²) in [5, 5.41) is 0. The van der Waals surface area contributed by atoms with Crippen LogP contribution in [0.15, 0.2) is 12.1 Å². The zero-order valence-electron chi connectivity index (χ0n) is 9.89. The fourth-order valence-electron chi connectivity index (χ4n) is 2.15. The Kier molecular flexibility index (Phi) is 3.37. The highest BCUT2D eigenvalue weighted by atomic mass is 32.2. The molecule has 0 amide bonds. The minimum absolute atomic E-state index is 1.28. The van der Waals surface area contributed by atoms with E-state index in [-0.39, 0.29) is 0 Å². The molecule has 1 aliphatic rings. The molecule has 15 heavy (non-hydrogen) atoms. The summed E-state index contributed by atoms with van der Waals surface area (Å²) in [6.45, 7) is 9.24. The van der Waals surface area contributed by atoms with Crippen LogP contribution < -0.4 is 4.90 Å². The van der Waals surface area contributed by atoms with Crippen LogP contribution in [-0.4, -0.2) is 24.6 Å². The molecule has 0 unspecified atom stereocenters. The van der Waals surface area contributed by atoms with Crippen molar-refractivity contribution in [3.8, 4) is 0 Å². The summed E-state index contributed by atoms with van der Waals surface area (Å²) in [7, 11) is 0. The van der Waals surface area contributed by atoms with Crippen molar-refractivity contribution >= 4 is 17.4 Å². The Labute approximate surface area is 96.9 Å². The number of hydrogen-bond acceptors (Lipinski definition) is 1. The average Bonchev–Trinajstić information content (AvgIpc) is 2.26. The van der Waals surface area contributed by atoms with Gasteiger partial charge in [-0.15, -0.1) is 0 Å². The van der Waals surface area contributed by atoms with Crippen LogP contribution >= 0.6 is 11.8 Å². The van der Waals surface area contributed by atoms with Gasteiger partial charge in [0.2, 0.25) is 0 Å². The largest absolute Gasteiger partial charge is 0.301 e. The van der Waals surface area contributed by atoms with Crippen LogP contribution in [0.25, 0.3) is 0 Å². The van der Waals surface area contributed by atoms with Crippen molar-refractivity contribution in [1.82, 2.24) is 0 Å². The highest BCUT2D eigenvalue weighted by Crippen LogP contribution is 2.17. The van der Waals surface area contributed by atoms with Crippen molar-refractivity contribution in [2.24, 2.45) is 0 Å². The van der Waals surface area contributed by atoms with Gasteiger partial charge >= 0.3 is 0 Å². The third kappa shape index (κ3) is 2.37. The van der Waals surface area contributed by atoms with Gasteiger partial charge in [0.1, 0.15) is 5.69 Å². The maximum absolute atomic E-state index is 2.37. The Bertz CT molecular complexity index is 331. The highest BCUT2D eigenvalue weighted by molar-refractivity contribution is 7.99. The molecule has 0 spiro atoms. The summed E-state index contributed by atoms with van der Waals surface area (Å²) in [6, 6.07) is 4.74. The first-order chi connectivity index (χ1) is 7.18. The van der Waals surface area contributed by atoms with Crippen LogP contribution in [0.2, 0.25) is 0 Å². The first-order valence-electron chi connectivity index (χ1n) is 5.69. The van der Waals surface area contributed by atoms with Gasteiger partial charge in [-0.25, -0.2) is 0 Å². The van der Waals surface area contributed by atoms with Crippen molar-refractivity contribution in [3.63, 3.8) is 0 Å². The summed E-state index contributed by atoms with van der Waals surface area (Å²) in [5.74, 6) is 2.61. The number of thioether (sulfide) groups is 1. The van der Waals surface area contributed by atoms with Crippen LogP contribution in [0.1, 0.15) is 16.7 Å². The number of benzene rings is 1. The Hall–Kier alpha value is -0.470. The van der Waals surface area contributed by atoms with Crippen molar-refractivity contribution < 1.29 is 4.90 Å². The van der Waals surface area contributed by atoms with Gasteiger partial charge in [-0.1, -0.05) is 0 Å². The first kappa shape index (κ1) is 11.0. The molecule has 82 valence electrons. The van der Waals surface area contributed by atoms with Gasteiger partial charge in [0.05, 0.1) is 13.1 Å². The third-order valence-corrected chi connectivity index (χ3v) is 4.42. The number of hydrogen-bond donors (Lipinski definition) is 1. The van der Waals surface area contributed by atoms with Crippen LogP contribution in [0.3, 0.4) is 0 Å². The smallest absolute Gasteiger partial charge is 0.131 e. The second-order valence-electron chi connectivity index (χ2n) is 4.45. The lowest BCUT2D eigenvalue weighted by Gasteiger charge is -2.24. The van der Waals surface area contributed by atoms with Gasteiger partial charge in [0.25, 0.3) is 0 Å². The minimum Gasteiger partial charge on any atom is -0.301 e. The molecule has 1 aromatic rings. The van der Waals surface area contributed by atoms with Gasteiger partial charge in [0.15, 0.2) is 0 Å². The quantitative estimate of drug-likeness (QED) is 0.760. The Balaban J connectivity index is 2.27. The molecule has 1 heterocycles. The monoisotopic (exact) mass is 222 g/mol. The fraction of sp³-hybridized carbons (Fsp3) is 0.538.